The van der Waals surface area contributed by atoms with Gasteiger partial charge in [-0.3, -0.25) is 4.79 Å². The maximum Gasteiger partial charge on any atom is 0.407 e. The molecule has 0 aliphatic heterocycles. The molecule has 0 aliphatic carbocycles. The smallest absolute Gasteiger partial charge is 0.407 e. The highest BCUT2D eigenvalue weighted by Gasteiger charge is 2.15. The minimum absolute atomic E-state index is 0.174. The number of ether oxygens (including phenoxy) is 2. The first-order chi connectivity index (χ1) is 11.2. The minimum Gasteiger partial charge on any atom is -0.465 e. The maximum atomic E-state index is 11.8. The molecule has 1 aromatic carbocycles. The van der Waals surface area contributed by atoms with Gasteiger partial charge in [-0.25, -0.2) is 9.59 Å². The van der Waals surface area contributed by atoms with E-state index in [9.17, 15) is 14.4 Å². The number of carbonyl (C=O) groups excluding carboxylic acids is 3. The number of anilines is 1. The normalized spacial score (nSPS) is 10.7. The number of methoxy groups -OCH3 is 1. The van der Waals surface area contributed by atoms with Crippen LogP contribution in [0.2, 0.25) is 0 Å². The fourth-order valence-corrected chi connectivity index (χ4v) is 1.78. The molecule has 2 amide bonds. The molecule has 2 N–H and O–H groups in total. The Hall–Kier alpha value is -2.57. The van der Waals surface area contributed by atoms with Crippen LogP contribution in [0.25, 0.3) is 0 Å². The van der Waals surface area contributed by atoms with E-state index < -0.39 is 17.7 Å². The van der Waals surface area contributed by atoms with Crippen LogP contribution >= 0.6 is 0 Å². The predicted octanol–water partition coefficient (Wildman–Crippen LogP) is 2.72. The number of nitrogens with one attached hydrogen (secondary N) is 2. The summed E-state index contributed by atoms with van der Waals surface area (Å²) in [6.07, 6.45) is 0.251. The standard InChI is InChI=1S/C17H24N2O5/c1-17(2,3)24-16(22)18-11-5-6-14(20)19-13-9-7-12(8-10-13)15(21)23-4/h7-10H,5-6,11H2,1-4H3,(H,18,22)(H,19,20). The maximum absolute atomic E-state index is 11.8. The molecule has 0 aromatic heterocycles. The summed E-state index contributed by atoms with van der Waals surface area (Å²) in [4.78, 5) is 34.6. The Bertz CT molecular complexity index is 576. The number of hydrogen-bond donors (Lipinski definition) is 2. The van der Waals surface area contributed by atoms with Crippen LogP contribution in [0.15, 0.2) is 24.3 Å². The summed E-state index contributed by atoms with van der Waals surface area (Å²) >= 11 is 0. The lowest BCUT2D eigenvalue weighted by atomic mass is 10.2. The number of hydrogen-bond acceptors (Lipinski definition) is 5. The third kappa shape index (κ3) is 7.62. The molecule has 0 unspecified atom stereocenters. The molecular weight excluding hydrogens is 312 g/mol. The summed E-state index contributed by atoms with van der Waals surface area (Å²) in [5.41, 5.74) is 0.461. The Morgan fingerprint density at radius 3 is 2.25 bits per heavy atom. The van der Waals surface area contributed by atoms with Gasteiger partial charge in [-0.1, -0.05) is 0 Å². The van der Waals surface area contributed by atoms with Gasteiger partial charge in [0.05, 0.1) is 12.7 Å². The number of alkyl carbamates (subject to hydrolysis) is 1. The first kappa shape index (κ1) is 19.5. The van der Waals surface area contributed by atoms with Crippen LogP contribution < -0.4 is 10.6 Å². The van der Waals surface area contributed by atoms with Crippen LogP contribution in [-0.4, -0.2) is 37.2 Å². The van der Waals surface area contributed by atoms with Gasteiger partial charge in [-0.05, 0) is 51.5 Å². The van der Waals surface area contributed by atoms with Crippen LogP contribution in [0.1, 0.15) is 44.0 Å². The van der Waals surface area contributed by atoms with Crippen molar-refractivity contribution in [2.45, 2.75) is 39.2 Å². The highest BCUT2D eigenvalue weighted by molar-refractivity contribution is 5.93. The zero-order valence-electron chi connectivity index (χ0n) is 14.5. The molecule has 1 rings (SSSR count). The number of amides is 2. The molecule has 132 valence electrons. The monoisotopic (exact) mass is 336 g/mol. The predicted molar refractivity (Wildman–Crippen MR) is 89.9 cm³/mol. The minimum atomic E-state index is -0.544. The molecule has 0 fully saturated rings. The van der Waals surface area contributed by atoms with E-state index >= 15 is 0 Å². The van der Waals surface area contributed by atoms with E-state index in [0.29, 0.717) is 24.2 Å². The lowest BCUT2D eigenvalue weighted by Gasteiger charge is -2.19. The Morgan fingerprint density at radius 2 is 1.71 bits per heavy atom. The van der Waals surface area contributed by atoms with Crippen molar-refractivity contribution >= 4 is 23.7 Å². The third-order valence-electron chi connectivity index (χ3n) is 2.84. The summed E-state index contributed by atoms with van der Waals surface area (Å²) in [6, 6.07) is 6.41. The van der Waals surface area contributed by atoms with Crippen molar-refractivity contribution in [3.63, 3.8) is 0 Å². The van der Waals surface area contributed by atoms with E-state index in [0.717, 1.165) is 0 Å². The van der Waals surface area contributed by atoms with Crippen molar-refractivity contribution in [1.29, 1.82) is 0 Å². The number of benzene rings is 1. The van der Waals surface area contributed by atoms with E-state index in [2.05, 4.69) is 15.4 Å². The molecule has 0 radical (unpaired) electrons. The molecule has 7 nitrogen and oxygen atoms in total. The van der Waals surface area contributed by atoms with E-state index in [1.54, 1.807) is 45.0 Å². The molecule has 1 aromatic rings. The van der Waals surface area contributed by atoms with Crippen LogP contribution in [0.5, 0.6) is 0 Å². The molecule has 24 heavy (non-hydrogen) atoms. The SMILES string of the molecule is COC(=O)c1ccc(NC(=O)CCCNC(=O)OC(C)(C)C)cc1. The van der Waals surface area contributed by atoms with Gasteiger partial charge in [0.1, 0.15) is 5.60 Å². The Morgan fingerprint density at radius 1 is 1.08 bits per heavy atom. The first-order valence-corrected chi connectivity index (χ1v) is 7.66. The second-order valence-corrected chi connectivity index (χ2v) is 6.15. The van der Waals surface area contributed by atoms with Gasteiger partial charge >= 0.3 is 12.1 Å². The van der Waals surface area contributed by atoms with Crippen LogP contribution in [0, 0.1) is 0 Å². The van der Waals surface area contributed by atoms with Crippen molar-refractivity contribution < 1.29 is 23.9 Å². The Kier molecular flexibility index (Phi) is 7.23. The Balaban J connectivity index is 2.29. The molecule has 0 atom stereocenters. The molecule has 7 heteroatoms. The quantitative estimate of drug-likeness (QED) is 0.615. The van der Waals surface area contributed by atoms with Gasteiger partial charge < -0.3 is 20.1 Å². The van der Waals surface area contributed by atoms with Crippen molar-refractivity contribution in [2.24, 2.45) is 0 Å². The van der Waals surface area contributed by atoms with Crippen molar-refractivity contribution in [1.82, 2.24) is 5.32 Å². The molecule has 0 heterocycles. The van der Waals surface area contributed by atoms with Gasteiger partial charge in [0.25, 0.3) is 0 Å². The second kappa shape index (κ2) is 8.90. The molecule has 0 saturated heterocycles. The summed E-state index contributed by atoms with van der Waals surface area (Å²) in [6.45, 7) is 5.70. The van der Waals surface area contributed by atoms with Gasteiger partial charge in [0.15, 0.2) is 0 Å². The van der Waals surface area contributed by atoms with Crippen molar-refractivity contribution in [3.05, 3.63) is 29.8 Å². The van der Waals surface area contributed by atoms with E-state index in [1.807, 2.05) is 0 Å². The van der Waals surface area contributed by atoms with Gasteiger partial charge in [-0.15, -0.1) is 0 Å². The lowest BCUT2D eigenvalue weighted by molar-refractivity contribution is -0.116. The van der Waals surface area contributed by atoms with Crippen LogP contribution in [0.3, 0.4) is 0 Å². The fourth-order valence-electron chi connectivity index (χ4n) is 1.78. The van der Waals surface area contributed by atoms with Crippen molar-refractivity contribution in [2.75, 3.05) is 19.0 Å². The van der Waals surface area contributed by atoms with E-state index in [-0.39, 0.29) is 12.3 Å². The van der Waals surface area contributed by atoms with Gasteiger partial charge in [0.2, 0.25) is 5.91 Å². The molecule has 0 spiro atoms. The first-order valence-electron chi connectivity index (χ1n) is 7.66. The largest absolute Gasteiger partial charge is 0.465 e. The third-order valence-corrected chi connectivity index (χ3v) is 2.84. The van der Waals surface area contributed by atoms with Crippen LogP contribution in [0.4, 0.5) is 10.5 Å². The topological polar surface area (TPSA) is 93.7 Å². The number of carbonyl (C=O) groups is 3. The summed E-state index contributed by atoms with van der Waals surface area (Å²) < 4.78 is 9.69. The second-order valence-electron chi connectivity index (χ2n) is 6.15. The number of rotatable bonds is 6. The average molecular weight is 336 g/mol. The number of esters is 1. The molecular formula is C17H24N2O5. The fraction of sp³-hybridized carbons (Fsp3) is 0.471. The average Bonchev–Trinajstić information content (AvgIpc) is 2.50. The Labute approximate surface area is 141 Å². The van der Waals surface area contributed by atoms with Crippen molar-refractivity contribution in [3.8, 4) is 0 Å². The van der Waals surface area contributed by atoms with E-state index in [1.165, 1.54) is 7.11 Å². The van der Waals surface area contributed by atoms with E-state index in [4.69, 9.17) is 4.74 Å². The summed E-state index contributed by atoms with van der Waals surface area (Å²) in [5.74, 6) is -0.604. The van der Waals surface area contributed by atoms with Crippen LogP contribution in [-0.2, 0) is 14.3 Å². The highest BCUT2D eigenvalue weighted by atomic mass is 16.6. The molecule has 0 bridgehead atoms. The lowest BCUT2D eigenvalue weighted by Crippen LogP contribution is -2.33. The summed E-state index contributed by atoms with van der Waals surface area (Å²) in [5, 5.41) is 5.31. The van der Waals surface area contributed by atoms with Gasteiger partial charge in [-0.2, -0.15) is 0 Å². The van der Waals surface area contributed by atoms with Gasteiger partial charge in [0, 0.05) is 18.7 Å². The molecule has 0 saturated carbocycles. The zero-order chi connectivity index (χ0) is 18.2. The zero-order valence-corrected chi connectivity index (χ0v) is 14.5. The highest BCUT2D eigenvalue weighted by Crippen LogP contribution is 2.11. The summed E-state index contributed by atoms with van der Waals surface area (Å²) in [7, 11) is 1.31. The molecule has 0 aliphatic rings.